The van der Waals surface area contributed by atoms with E-state index in [9.17, 15) is 18.4 Å². The molecule has 0 aliphatic heterocycles. The zero-order valence-corrected chi connectivity index (χ0v) is 14.8. The number of primary amides is 1. The van der Waals surface area contributed by atoms with Gasteiger partial charge in [0.05, 0.1) is 5.56 Å². The van der Waals surface area contributed by atoms with Gasteiger partial charge in [-0.1, -0.05) is 23.7 Å². The Bertz CT molecular complexity index is 800. The molecule has 0 radical (unpaired) electrons. The zero-order valence-electron chi connectivity index (χ0n) is 14.1. The van der Waals surface area contributed by atoms with E-state index in [1.165, 1.54) is 30.3 Å². The molecular formula is C18H17ClF2N2O4. The molecule has 0 heterocycles. The predicted molar refractivity (Wildman–Crippen MR) is 95.3 cm³/mol. The second kappa shape index (κ2) is 9.72. The van der Waals surface area contributed by atoms with Gasteiger partial charge in [-0.05, 0) is 42.3 Å². The van der Waals surface area contributed by atoms with Gasteiger partial charge in [-0.15, -0.1) is 0 Å². The molecule has 0 saturated carbocycles. The Hall–Kier alpha value is -2.87. The molecule has 0 aliphatic rings. The van der Waals surface area contributed by atoms with Crippen molar-refractivity contribution in [3.8, 4) is 11.5 Å². The van der Waals surface area contributed by atoms with E-state index in [0.29, 0.717) is 18.0 Å². The van der Waals surface area contributed by atoms with Gasteiger partial charge in [0, 0.05) is 11.6 Å². The Kier molecular flexibility index (Phi) is 7.36. The van der Waals surface area contributed by atoms with E-state index in [4.69, 9.17) is 22.1 Å². The third-order valence-corrected chi connectivity index (χ3v) is 3.69. The van der Waals surface area contributed by atoms with Crippen LogP contribution in [0.25, 0.3) is 0 Å². The third-order valence-electron chi connectivity index (χ3n) is 3.45. The standard InChI is InChI=1S/C18H17ClF2N2O4/c19-12-3-6-14(17(22)25)15(9-12)26-10-16(24)23-8-7-11-1-4-13(5-2-11)27-18(20)21/h1-6,9,18H,7-8,10H2,(H2,22,25)(H,23,24). The van der Waals surface area contributed by atoms with E-state index in [1.54, 1.807) is 12.1 Å². The number of amides is 2. The van der Waals surface area contributed by atoms with E-state index in [-0.39, 0.29) is 23.7 Å². The van der Waals surface area contributed by atoms with Crippen LogP contribution in [0.5, 0.6) is 11.5 Å². The van der Waals surface area contributed by atoms with Crippen LogP contribution in [0.2, 0.25) is 5.02 Å². The highest BCUT2D eigenvalue weighted by Gasteiger charge is 2.12. The second-order valence-electron chi connectivity index (χ2n) is 5.42. The van der Waals surface area contributed by atoms with Crippen molar-refractivity contribution in [2.75, 3.05) is 13.2 Å². The Balaban J connectivity index is 1.78. The number of rotatable bonds is 9. The first-order valence-electron chi connectivity index (χ1n) is 7.88. The topological polar surface area (TPSA) is 90.7 Å². The van der Waals surface area contributed by atoms with Gasteiger partial charge in [0.2, 0.25) is 0 Å². The number of alkyl halides is 2. The van der Waals surface area contributed by atoms with Crippen molar-refractivity contribution in [2.24, 2.45) is 5.73 Å². The van der Waals surface area contributed by atoms with Gasteiger partial charge in [0.25, 0.3) is 11.8 Å². The number of ether oxygens (including phenoxy) is 2. The highest BCUT2D eigenvalue weighted by Crippen LogP contribution is 2.23. The molecule has 144 valence electrons. The molecule has 3 N–H and O–H groups in total. The van der Waals surface area contributed by atoms with Gasteiger partial charge < -0.3 is 20.5 Å². The molecule has 0 bridgehead atoms. The molecule has 2 amide bonds. The Morgan fingerprint density at radius 2 is 1.85 bits per heavy atom. The molecule has 6 nitrogen and oxygen atoms in total. The maximum Gasteiger partial charge on any atom is 0.387 e. The quantitative estimate of drug-likeness (QED) is 0.679. The van der Waals surface area contributed by atoms with Crippen molar-refractivity contribution in [3.63, 3.8) is 0 Å². The number of hydrogen-bond acceptors (Lipinski definition) is 4. The van der Waals surface area contributed by atoms with E-state index in [1.807, 2.05) is 0 Å². The molecule has 0 fully saturated rings. The minimum atomic E-state index is -2.87. The molecule has 0 unspecified atom stereocenters. The van der Waals surface area contributed by atoms with E-state index in [2.05, 4.69) is 10.1 Å². The van der Waals surface area contributed by atoms with Crippen LogP contribution in [0.15, 0.2) is 42.5 Å². The zero-order chi connectivity index (χ0) is 19.8. The van der Waals surface area contributed by atoms with Crippen LogP contribution in [0.4, 0.5) is 8.78 Å². The van der Waals surface area contributed by atoms with E-state index >= 15 is 0 Å². The predicted octanol–water partition coefficient (Wildman–Crippen LogP) is 2.78. The van der Waals surface area contributed by atoms with Gasteiger partial charge >= 0.3 is 6.61 Å². The first kappa shape index (κ1) is 20.4. The van der Waals surface area contributed by atoms with Crippen molar-refractivity contribution < 1.29 is 27.8 Å². The lowest BCUT2D eigenvalue weighted by Gasteiger charge is -2.10. The Labute approximate surface area is 159 Å². The highest BCUT2D eigenvalue weighted by atomic mass is 35.5. The minimum Gasteiger partial charge on any atom is -0.483 e. The highest BCUT2D eigenvalue weighted by molar-refractivity contribution is 6.30. The lowest BCUT2D eigenvalue weighted by molar-refractivity contribution is -0.123. The van der Waals surface area contributed by atoms with Crippen LogP contribution >= 0.6 is 11.6 Å². The molecule has 27 heavy (non-hydrogen) atoms. The Morgan fingerprint density at radius 3 is 2.48 bits per heavy atom. The summed E-state index contributed by atoms with van der Waals surface area (Å²) in [4.78, 5) is 23.2. The number of carbonyl (C=O) groups is 2. The maximum absolute atomic E-state index is 12.1. The molecule has 9 heteroatoms. The van der Waals surface area contributed by atoms with Crippen molar-refractivity contribution >= 4 is 23.4 Å². The maximum atomic E-state index is 12.1. The van der Waals surface area contributed by atoms with Crippen LogP contribution in [0.3, 0.4) is 0 Å². The SMILES string of the molecule is NC(=O)c1ccc(Cl)cc1OCC(=O)NCCc1ccc(OC(F)F)cc1. The van der Waals surface area contributed by atoms with Crippen molar-refractivity contribution in [1.82, 2.24) is 5.32 Å². The second-order valence-corrected chi connectivity index (χ2v) is 5.85. The molecule has 0 spiro atoms. The number of halogens is 3. The van der Waals surface area contributed by atoms with Gasteiger partial charge in [0.15, 0.2) is 6.61 Å². The fourth-order valence-electron chi connectivity index (χ4n) is 2.20. The number of carbonyl (C=O) groups excluding carboxylic acids is 2. The molecule has 2 aromatic carbocycles. The molecule has 2 aromatic rings. The summed E-state index contributed by atoms with van der Waals surface area (Å²) in [5, 5.41) is 2.99. The van der Waals surface area contributed by atoms with Crippen molar-refractivity contribution in [2.45, 2.75) is 13.0 Å². The molecule has 2 rings (SSSR count). The molecule has 0 aromatic heterocycles. The first-order valence-corrected chi connectivity index (χ1v) is 8.25. The van der Waals surface area contributed by atoms with Gasteiger partial charge in [0.1, 0.15) is 11.5 Å². The monoisotopic (exact) mass is 398 g/mol. The van der Waals surface area contributed by atoms with E-state index in [0.717, 1.165) is 5.56 Å². The summed E-state index contributed by atoms with van der Waals surface area (Å²) in [5.74, 6) is -0.901. The lowest BCUT2D eigenvalue weighted by atomic mass is 10.1. The normalized spacial score (nSPS) is 10.5. The van der Waals surface area contributed by atoms with Crippen LogP contribution in [-0.2, 0) is 11.2 Å². The third kappa shape index (κ3) is 6.74. The van der Waals surface area contributed by atoms with Crippen LogP contribution < -0.4 is 20.5 Å². The van der Waals surface area contributed by atoms with Crippen LogP contribution in [-0.4, -0.2) is 31.6 Å². The summed E-state index contributed by atoms with van der Waals surface area (Å²) in [6.07, 6.45) is 0.490. The fourth-order valence-corrected chi connectivity index (χ4v) is 2.36. The molecular weight excluding hydrogens is 382 g/mol. The summed E-state index contributed by atoms with van der Waals surface area (Å²) in [5.41, 5.74) is 6.20. The fraction of sp³-hybridized carbons (Fsp3) is 0.222. The largest absolute Gasteiger partial charge is 0.483 e. The minimum absolute atomic E-state index is 0.0676. The van der Waals surface area contributed by atoms with Gasteiger partial charge in [-0.25, -0.2) is 0 Å². The lowest BCUT2D eigenvalue weighted by Crippen LogP contribution is -2.31. The van der Waals surface area contributed by atoms with Crippen molar-refractivity contribution in [3.05, 3.63) is 58.6 Å². The molecule has 0 saturated heterocycles. The molecule has 0 atom stereocenters. The summed E-state index contributed by atoms with van der Waals surface area (Å²) < 4.78 is 33.7. The average Bonchev–Trinajstić information content (AvgIpc) is 2.61. The number of hydrogen-bond donors (Lipinski definition) is 2. The van der Waals surface area contributed by atoms with Crippen molar-refractivity contribution in [1.29, 1.82) is 0 Å². The number of nitrogens with one attached hydrogen (secondary N) is 1. The first-order chi connectivity index (χ1) is 12.8. The van der Waals surface area contributed by atoms with Crippen LogP contribution in [0, 0.1) is 0 Å². The number of nitrogens with two attached hydrogens (primary N) is 1. The summed E-state index contributed by atoms with van der Waals surface area (Å²) in [6, 6.07) is 10.4. The van der Waals surface area contributed by atoms with Gasteiger partial charge in [-0.3, -0.25) is 9.59 Å². The summed E-state index contributed by atoms with van der Waals surface area (Å²) in [7, 11) is 0. The summed E-state index contributed by atoms with van der Waals surface area (Å²) in [6.45, 7) is -2.87. The summed E-state index contributed by atoms with van der Waals surface area (Å²) >= 11 is 5.84. The average molecular weight is 399 g/mol. The Morgan fingerprint density at radius 1 is 1.15 bits per heavy atom. The smallest absolute Gasteiger partial charge is 0.387 e. The van der Waals surface area contributed by atoms with E-state index < -0.39 is 18.4 Å². The van der Waals surface area contributed by atoms with Gasteiger partial charge in [-0.2, -0.15) is 8.78 Å². The number of benzene rings is 2. The van der Waals surface area contributed by atoms with Crippen LogP contribution in [0.1, 0.15) is 15.9 Å². The molecule has 0 aliphatic carbocycles.